The molecule has 2 amide bonds. The Balaban J connectivity index is 1.56. The van der Waals surface area contributed by atoms with Crippen LogP contribution < -0.4 is 15.5 Å². The van der Waals surface area contributed by atoms with E-state index < -0.39 is 12.0 Å². The van der Waals surface area contributed by atoms with Crippen LogP contribution in [0, 0.1) is 6.92 Å². The number of piperazine rings is 1. The van der Waals surface area contributed by atoms with Gasteiger partial charge in [-0.1, -0.05) is 48.0 Å². The topological polar surface area (TPSA) is 73.9 Å². The average molecular weight is 435 g/mol. The number of rotatable bonds is 6. The molecule has 2 N–H and O–H groups in total. The number of nitrogens with zero attached hydrogens (tertiary/aromatic N) is 2. The summed E-state index contributed by atoms with van der Waals surface area (Å²) in [4.78, 5) is 30.1. The van der Waals surface area contributed by atoms with E-state index in [2.05, 4.69) is 32.6 Å². The fourth-order valence-electron chi connectivity index (χ4n) is 4.23. The zero-order valence-corrected chi connectivity index (χ0v) is 18.6. The van der Waals surface area contributed by atoms with E-state index in [-0.39, 0.29) is 12.6 Å². The molecule has 1 atom stereocenters. The lowest BCUT2D eigenvalue weighted by Crippen LogP contribution is -2.51. The molecule has 0 spiro atoms. The van der Waals surface area contributed by atoms with Crippen molar-refractivity contribution in [1.82, 2.24) is 15.5 Å². The summed E-state index contributed by atoms with van der Waals surface area (Å²) in [6.07, 6.45) is 0. The second-order valence-electron chi connectivity index (χ2n) is 8.15. The maximum Gasteiger partial charge on any atom is 0.338 e. The number of hydrogen-bond acceptors (Lipinski definition) is 5. The summed E-state index contributed by atoms with van der Waals surface area (Å²) >= 11 is 0. The van der Waals surface area contributed by atoms with Crippen LogP contribution in [0.1, 0.15) is 24.1 Å². The Hall–Kier alpha value is -3.32. The number of carbonyl (C=O) groups excluding carboxylic acids is 2. The van der Waals surface area contributed by atoms with Crippen molar-refractivity contribution >= 4 is 17.7 Å². The van der Waals surface area contributed by atoms with Gasteiger partial charge >= 0.3 is 12.0 Å². The number of hydrogen-bond donors (Lipinski definition) is 2. The molecule has 0 aliphatic carbocycles. The molecule has 2 heterocycles. The molecular weight excluding hydrogens is 404 g/mol. The predicted octanol–water partition coefficient (Wildman–Crippen LogP) is 2.99. The number of esters is 1. The quantitative estimate of drug-likeness (QED) is 0.684. The highest BCUT2D eigenvalue weighted by molar-refractivity contribution is 5.95. The van der Waals surface area contributed by atoms with E-state index in [4.69, 9.17) is 4.74 Å². The molecule has 2 aliphatic heterocycles. The van der Waals surface area contributed by atoms with Crippen molar-refractivity contribution in [3.8, 4) is 0 Å². The average Bonchev–Trinajstić information content (AvgIpc) is 2.80. The van der Waals surface area contributed by atoms with Crippen LogP contribution in [0.15, 0.2) is 65.9 Å². The van der Waals surface area contributed by atoms with Gasteiger partial charge in [-0.3, -0.25) is 4.90 Å². The van der Waals surface area contributed by atoms with Crippen LogP contribution in [-0.4, -0.2) is 56.2 Å². The number of benzene rings is 2. The largest absolute Gasteiger partial charge is 0.463 e. The lowest BCUT2D eigenvalue weighted by Gasteiger charge is -2.38. The molecule has 1 fully saturated rings. The van der Waals surface area contributed by atoms with Gasteiger partial charge in [0.2, 0.25) is 0 Å². The first-order valence-corrected chi connectivity index (χ1v) is 11.1. The summed E-state index contributed by atoms with van der Waals surface area (Å²) in [7, 11) is 0. The first kappa shape index (κ1) is 21.9. The third-order valence-electron chi connectivity index (χ3n) is 5.94. The van der Waals surface area contributed by atoms with E-state index in [1.807, 2.05) is 49.4 Å². The van der Waals surface area contributed by atoms with Gasteiger partial charge in [-0.05, 0) is 31.5 Å². The van der Waals surface area contributed by atoms with E-state index in [0.29, 0.717) is 17.8 Å². The molecule has 168 valence electrons. The smallest absolute Gasteiger partial charge is 0.338 e. The minimum Gasteiger partial charge on any atom is -0.463 e. The standard InChI is InChI=1S/C25H30N4O3/c1-3-32-24(30)22-21(26-25(31)27-23(22)19-11-9-18(2)10-12-19)17-28-13-15-29(16-14-28)20-7-5-4-6-8-20/h4-12,23H,3,13-17H2,1-2H3,(H2,26,27,31)/t23-/m1/s1. The van der Waals surface area contributed by atoms with E-state index in [1.165, 1.54) is 5.69 Å². The Bertz CT molecular complexity index is 980. The minimum atomic E-state index is -0.538. The van der Waals surface area contributed by atoms with Gasteiger partial charge in [-0.2, -0.15) is 0 Å². The van der Waals surface area contributed by atoms with E-state index in [1.54, 1.807) is 6.92 Å². The Labute approximate surface area is 189 Å². The highest BCUT2D eigenvalue weighted by Crippen LogP contribution is 2.29. The second-order valence-corrected chi connectivity index (χ2v) is 8.15. The van der Waals surface area contributed by atoms with Crippen molar-refractivity contribution in [2.24, 2.45) is 0 Å². The van der Waals surface area contributed by atoms with Crippen LogP contribution in [-0.2, 0) is 9.53 Å². The van der Waals surface area contributed by atoms with Crippen molar-refractivity contribution in [2.75, 3.05) is 44.2 Å². The zero-order chi connectivity index (χ0) is 22.5. The van der Waals surface area contributed by atoms with Gasteiger partial charge in [-0.15, -0.1) is 0 Å². The van der Waals surface area contributed by atoms with E-state index >= 15 is 0 Å². The molecule has 7 heteroatoms. The molecule has 2 aromatic rings. The molecule has 32 heavy (non-hydrogen) atoms. The van der Waals surface area contributed by atoms with Crippen molar-refractivity contribution in [3.05, 3.63) is 77.0 Å². The normalized spacial score (nSPS) is 19.4. The first-order chi connectivity index (χ1) is 15.5. The lowest BCUT2D eigenvalue weighted by molar-refractivity contribution is -0.139. The van der Waals surface area contributed by atoms with Gasteiger partial charge in [-0.25, -0.2) is 9.59 Å². The molecule has 0 bridgehead atoms. The van der Waals surface area contributed by atoms with E-state index in [9.17, 15) is 9.59 Å². The van der Waals surface area contributed by atoms with Crippen molar-refractivity contribution in [3.63, 3.8) is 0 Å². The van der Waals surface area contributed by atoms with Crippen LogP contribution >= 0.6 is 0 Å². The fourth-order valence-corrected chi connectivity index (χ4v) is 4.23. The summed E-state index contributed by atoms with van der Waals surface area (Å²) in [6, 6.07) is 17.4. The van der Waals surface area contributed by atoms with Crippen LogP contribution in [0.5, 0.6) is 0 Å². The highest BCUT2D eigenvalue weighted by atomic mass is 16.5. The van der Waals surface area contributed by atoms with Crippen LogP contribution in [0.2, 0.25) is 0 Å². The monoisotopic (exact) mass is 434 g/mol. The van der Waals surface area contributed by atoms with Gasteiger partial charge in [0, 0.05) is 44.1 Å². The number of aryl methyl sites for hydroxylation is 1. The SMILES string of the molecule is CCOC(=O)C1=C(CN2CCN(c3ccccc3)CC2)NC(=O)N[C@@H]1c1ccc(C)cc1. The fraction of sp³-hybridized carbons (Fsp3) is 0.360. The maximum atomic E-state index is 12.9. The lowest BCUT2D eigenvalue weighted by atomic mass is 9.94. The Kier molecular flexibility index (Phi) is 6.75. The molecule has 2 aromatic carbocycles. The molecule has 0 radical (unpaired) electrons. The summed E-state index contributed by atoms with van der Waals surface area (Å²) in [5.41, 5.74) is 4.28. The van der Waals surface area contributed by atoms with Gasteiger partial charge in [0.1, 0.15) is 0 Å². The van der Waals surface area contributed by atoms with Gasteiger partial charge in [0.15, 0.2) is 0 Å². The summed E-state index contributed by atoms with van der Waals surface area (Å²) in [5.74, 6) is -0.400. The van der Waals surface area contributed by atoms with Gasteiger partial charge in [0.05, 0.1) is 18.2 Å². The van der Waals surface area contributed by atoms with Crippen LogP contribution in [0.3, 0.4) is 0 Å². The van der Waals surface area contributed by atoms with Crippen LogP contribution in [0.4, 0.5) is 10.5 Å². The molecule has 0 aromatic heterocycles. The zero-order valence-electron chi connectivity index (χ0n) is 18.6. The third kappa shape index (κ3) is 4.94. The number of urea groups is 1. The maximum absolute atomic E-state index is 12.9. The number of ether oxygens (including phenoxy) is 1. The molecule has 7 nitrogen and oxygen atoms in total. The van der Waals surface area contributed by atoms with Gasteiger partial charge < -0.3 is 20.3 Å². The number of anilines is 1. The molecule has 4 rings (SSSR count). The van der Waals surface area contributed by atoms with E-state index in [0.717, 1.165) is 37.3 Å². The number of para-hydroxylation sites is 1. The molecule has 1 saturated heterocycles. The molecule has 0 unspecified atom stereocenters. The summed E-state index contributed by atoms with van der Waals surface area (Å²) < 4.78 is 5.37. The van der Waals surface area contributed by atoms with Crippen LogP contribution in [0.25, 0.3) is 0 Å². The Morgan fingerprint density at radius 1 is 1.03 bits per heavy atom. The predicted molar refractivity (Wildman–Crippen MR) is 124 cm³/mol. The molecule has 0 saturated carbocycles. The summed E-state index contributed by atoms with van der Waals surface area (Å²) in [6.45, 7) is 8.02. The molecule has 2 aliphatic rings. The van der Waals surface area contributed by atoms with Crippen molar-refractivity contribution in [2.45, 2.75) is 19.9 Å². The molecular formula is C25H30N4O3. The second kappa shape index (κ2) is 9.87. The van der Waals surface area contributed by atoms with Crippen molar-refractivity contribution < 1.29 is 14.3 Å². The third-order valence-corrected chi connectivity index (χ3v) is 5.94. The number of nitrogens with one attached hydrogen (secondary N) is 2. The minimum absolute atomic E-state index is 0.278. The summed E-state index contributed by atoms with van der Waals surface area (Å²) in [5, 5.41) is 5.78. The van der Waals surface area contributed by atoms with Crippen molar-refractivity contribution in [1.29, 1.82) is 0 Å². The Morgan fingerprint density at radius 3 is 2.38 bits per heavy atom. The number of amides is 2. The van der Waals surface area contributed by atoms with Gasteiger partial charge in [0.25, 0.3) is 0 Å². The number of carbonyl (C=O) groups is 2. The Morgan fingerprint density at radius 2 is 1.72 bits per heavy atom. The first-order valence-electron chi connectivity index (χ1n) is 11.1. The highest BCUT2D eigenvalue weighted by Gasteiger charge is 2.34.